The van der Waals surface area contributed by atoms with Crippen molar-refractivity contribution in [2.75, 3.05) is 11.9 Å². The largest absolute Gasteiger partial charge is 0.370 e. The zero-order chi connectivity index (χ0) is 12.0. The van der Waals surface area contributed by atoms with Gasteiger partial charge < -0.3 is 5.32 Å². The van der Waals surface area contributed by atoms with Gasteiger partial charge in [-0.15, -0.1) is 0 Å². The molecule has 5 heteroatoms. The molecule has 0 fully saturated rings. The first-order valence-electron chi connectivity index (χ1n) is 5.37. The maximum atomic E-state index is 11.1. The number of anilines is 1. The Labute approximate surface area is 94.5 Å². The fourth-order valence-electron chi connectivity index (χ4n) is 1.34. The van der Waals surface area contributed by atoms with Gasteiger partial charge in [-0.1, -0.05) is 13.8 Å². The van der Waals surface area contributed by atoms with E-state index in [1.54, 1.807) is 0 Å². The van der Waals surface area contributed by atoms with Gasteiger partial charge in [-0.25, -0.2) is 4.79 Å². The normalized spacial score (nSPS) is 10.1. The van der Waals surface area contributed by atoms with Crippen molar-refractivity contribution in [3.63, 3.8) is 0 Å². The number of rotatable bonds is 5. The molecule has 16 heavy (non-hydrogen) atoms. The Hall–Kier alpha value is -1.83. The monoisotopic (exact) mass is 220 g/mol. The van der Waals surface area contributed by atoms with E-state index in [-0.39, 0.29) is 5.69 Å². The standard InChI is InChI=1S/C11H16N4O/c1-8(2)4-3-5-13-10-6-9(7-12)14-11(16)15-10/h6,8H,3-5H2,1-2H3,(H2,13,14,15,16). The molecule has 1 heterocycles. The summed E-state index contributed by atoms with van der Waals surface area (Å²) >= 11 is 0. The van der Waals surface area contributed by atoms with E-state index in [1.807, 2.05) is 6.07 Å². The molecule has 0 atom stereocenters. The van der Waals surface area contributed by atoms with Gasteiger partial charge in [-0.2, -0.15) is 10.2 Å². The van der Waals surface area contributed by atoms with Crippen LogP contribution in [0.3, 0.4) is 0 Å². The minimum Gasteiger partial charge on any atom is -0.370 e. The van der Waals surface area contributed by atoms with Crippen LogP contribution < -0.4 is 11.0 Å². The summed E-state index contributed by atoms with van der Waals surface area (Å²) in [6, 6.07) is 3.42. The third kappa shape index (κ3) is 4.13. The molecule has 86 valence electrons. The Morgan fingerprint density at radius 1 is 1.62 bits per heavy atom. The van der Waals surface area contributed by atoms with Gasteiger partial charge in [0, 0.05) is 12.6 Å². The number of nitrogens with zero attached hydrogens (tertiary/aromatic N) is 2. The Bertz CT molecular complexity index is 430. The molecule has 0 amide bonds. The summed E-state index contributed by atoms with van der Waals surface area (Å²) in [7, 11) is 0. The minimum atomic E-state index is -0.495. The number of aromatic nitrogens is 2. The predicted molar refractivity (Wildman–Crippen MR) is 62.1 cm³/mol. The molecule has 2 N–H and O–H groups in total. The van der Waals surface area contributed by atoms with Crippen molar-refractivity contribution in [1.82, 2.24) is 9.97 Å². The molecular weight excluding hydrogens is 204 g/mol. The second kappa shape index (κ2) is 5.91. The summed E-state index contributed by atoms with van der Waals surface area (Å²) in [6.07, 6.45) is 2.15. The van der Waals surface area contributed by atoms with Crippen molar-refractivity contribution < 1.29 is 0 Å². The van der Waals surface area contributed by atoms with Gasteiger partial charge in [0.1, 0.15) is 17.6 Å². The zero-order valence-electron chi connectivity index (χ0n) is 9.58. The van der Waals surface area contributed by atoms with Crippen molar-refractivity contribution in [3.8, 4) is 6.07 Å². The molecule has 1 rings (SSSR count). The van der Waals surface area contributed by atoms with Gasteiger partial charge >= 0.3 is 5.69 Å². The molecule has 0 aromatic carbocycles. The van der Waals surface area contributed by atoms with Gasteiger partial charge in [0.05, 0.1) is 0 Å². The topological polar surface area (TPSA) is 81.6 Å². The smallest absolute Gasteiger partial charge is 0.347 e. The average Bonchev–Trinajstić information content (AvgIpc) is 2.23. The molecule has 1 aromatic rings. The van der Waals surface area contributed by atoms with Gasteiger partial charge in [0.15, 0.2) is 0 Å². The molecule has 0 radical (unpaired) electrons. The van der Waals surface area contributed by atoms with Crippen molar-refractivity contribution in [1.29, 1.82) is 5.26 Å². The molecule has 0 aliphatic rings. The lowest BCUT2D eigenvalue weighted by molar-refractivity contribution is 0.566. The van der Waals surface area contributed by atoms with E-state index in [9.17, 15) is 4.79 Å². The van der Waals surface area contributed by atoms with E-state index in [0.717, 1.165) is 19.4 Å². The number of hydrogen-bond donors (Lipinski definition) is 2. The number of hydrogen-bond acceptors (Lipinski definition) is 4. The fraction of sp³-hybridized carbons (Fsp3) is 0.545. The number of H-pyrrole nitrogens is 1. The molecule has 5 nitrogen and oxygen atoms in total. The Morgan fingerprint density at radius 2 is 2.38 bits per heavy atom. The lowest BCUT2D eigenvalue weighted by Crippen LogP contribution is -2.15. The second-order valence-electron chi connectivity index (χ2n) is 4.06. The highest BCUT2D eigenvalue weighted by molar-refractivity contribution is 5.38. The van der Waals surface area contributed by atoms with E-state index >= 15 is 0 Å². The molecule has 0 saturated carbocycles. The Kier molecular flexibility index (Phi) is 4.52. The van der Waals surface area contributed by atoms with Crippen LogP contribution >= 0.6 is 0 Å². The highest BCUT2D eigenvalue weighted by Crippen LogP contribution is 2.05. The maximum absolute atomic E-state index is 11.1. The Balaban J connectivity index is 2.51. The molecule has 0 unspecified atom stereocenters. The van der Waals surface area contributed by atoms with E-state index < -0.39 is 5.69 Å². The first-order valence-corrected chi connectivity index (χ1v) is 5.37. The van der Waals surface area contributed by atoms with Crippen LogP contribution in [0.25, 0.3) is 0 Å². The third-order valence-electron chi connectivity index (χ3n) is 2.13. The zero-order valence-corrected chi connectivity index (χ0v) is 9.58. The molecule has 0 aliphatic carbocycles. The van der Waals surface area contributed by atoms with Crippen LogP contribution in [0, 0.1) is 17.2 Å². The van der Waals surface area contributed by atoms with Gasteiger partial charge in [-0.3, -0.25) is 4.98 Å². The summed E-state index contributed by atoms with van der Waals surface area (Å²) in [5, 5.41) is 11.7. The predicted octanol–water partition coefficient (Wildman–Crippen LogP) is 1.49. The fourth-order valence-corrected chi connectivity index (χ4v) is 1.34. The van der Waals surface area contributed by atoms with Crippen molar-refractivity contribution >= 4 is 5.82 Å². The molecule has 0 saturated heterocycles. The maximum Gasteiger partial charge on any atom is 0.347 e. The van der Waals surface area contributed by atoms with E-state index in [4.69, 9.17) is 5.26 Å². The van der Waals surface area contributed by atoms with Crippen LogP contribution in [-0.4, -0.2) is 16.5 Å². The number of nitrogens with one attached hydrogen (secondary N) is 2. The first-order chi connectivity index (χ1) is 7.61. The van der Waals surface area contributed by atoms with Crippen LogP contribution in [0.4, 0.5) is 5.82 Å². The summed E-state index contributed by atoms with van der Waals surface area (Å²) < 4.78 is 0. The van der Waals surface area contributed by atoms with Crippen LogP contribution in [0.1, 0.15) is 32.4 Å². The van der Waals surface area contributed by atoms with Crippen molar-refractivity contribution in [2.45, 2.75) is 26.7 Å². The van der Waals surface area contributed by atoms with Crippen LogP contribution in [-0.2, 0) is 0 Å². The minimum absolute atomic E-state index is 0.228. The molecule has 0 aliphatic heterocycles. The van der Waals surface area contributed by atoms with E-state index in [1.165, 1.54) is 6.07 Å². The molecule has 1 aromatic heterocycles. The SMILES string of the molecule is CC(C)CCCNc1cc(C#N)[nH]c(=O)n1. The lowest BCUT2D eigenvalue weighted by Gasteiger charge is -2.06. The quantitative estimate of drug-likeness (QED) is 0.736. The first kappa shape index (κ1) is 12.2. The van der Waals surface area contributed by atoms with E-state index in [2.05, 4.69) is 29.1 Å². The van der Waals surface area contributed by atoms with Crippen LogP contribution in [0.5, 0.6) is 0 Å². The van der Waals surface area contributed by atoms with Gasteiger partial charge in [0.25, 0.3) is 0 Å². The summed E-state index contributed by atoms with van der Waals surface area (Å²) in [6.45, 7) is 5.10. The second-order valence-corrected chi connectivity index (χ2v) is 4.06. The van der Waals surface area contributed by atoms with E-state index in [0.29, 0.717) is 11.7 Å². The van der Waals surface area contributed by atoms with Gasteiger partial charge in [-0.05, 0) is 18.8 Å². The molecule has 0 bridgehead atoms. The van der Waals surface area contributed by atoms with Crippen molar-refractivity contribution in [3.05, 3.63) is 22.2 Å². The summed E-state index contributed by atoms with van der Waals surface area (Å²) in [5.41, 5.74) is -0.267. The van der Waals surface area contributed by atoms with Crippen LogP contribution in [0.2, 0.25) is 0 Å². The number of nitriles is 1. The van der Waals surface area contributed by atoms with Crippen molar-refractivity contribution in [2.24, 2.45) is 5.92 Å². The lowest BCUT2D eigenvalue weighted by atomic mass is 10.1. The summed E-state index contributed by atoms with van der Waals surface area (Å²) in [4.78, 5) is 17.1. The highest BCUT2D eigenvalue weighted by atomic mass is 16.1. The molecular formula is C11H16N4O. The van der Waals surface area contributed by atoms with Crippen LogP contribution in [0.15, 0.2) is 10.9 Å². The summed E-state index contributed by atoms with van der Waals surface area (Å²) in [5.74, 6) is 1.13. The molecule has 0 spiro atoms. The third-order valence-corrected chi connectivity index (χ3v) is 2.13. The highest BCUT2D eigenvalue weighted by Gasteiger charge is 1.99. The average molecular weight is 220 g/mol. The van der Waals surface area contributed by atoms with Gasteiger partial charge in [0.2, 0.25) is 0 Å². The number of aromatic amines is 1. The Morgan fingerprint density at radius 3 is 3.00 bits per heavy atom.